The summed E-state index contributed by atoms with van der Waals surface area (Å²) in [5.41, 5.74) is 2.16. The number of rotatable bonds is 4. The zero-order chi connectivity index (χ0) is 18.8. The third-order valence-electron chi connectivity index (χ3n) is 3.73. The Hall–Kier alpha value is -3.88. The van der Waals surface area contributed by atoms with Crippen LogP contribution in [0.4, 0.5) is 11.4 Å². The maximum Gasteiger partial charge on any atom is 0.282 e. The van der Waals surface area contributed by atoms with Crippen LogP contribution >= 0.6 is 0 Å². The number of carbonyl (C=O) groups excluding carboxylic acids is 2. The minimum atomic E-state index is -0.691. The maximum absolute atomic E-state index is 12.5. The summed E-state index contributed by atoms with van der Waals surface area (Å²) in [6.07, 6.45) is 1.09. The number of methoxy groups -OCH3 is 1. The minimum Gasteiger partial charge on any atom is -0.504 e. The molecular formula is C17H13N3O6. The number of hydrogen-bond donors (Lipinski definition) is 2. The van der Waals surface area contributed by atoms with Crippen LogP contribution in [0.2, 0.25) is 0 Å². The molecule has 2 aromatic rings. The molecule has 1 heterocycles. The second-order valence-electron chi connectivity index (χ2n) is 5.32. The summed E-state index contributed by atoms with van der Waals surface area (Å²) in [7, 11) is 1.24. The predicted molar refractivity (Wildman–Crippen MR) is 91.4 cm³/mol. The third-order valence-corrected chi connectivity index (χ3v) is 3.73. The van der Waals surface area contributed by atoms with Gasteiger partial charge in [0.25, 0.3) is 17.5 Å². The van der Waals surface area contributed by atoms with Crippen LogP contribution in [0.5, 0.6) is 11.5 Å². The Balaban J connectivity index is 2.05. The fourth-order valence-corrected chi connectivity index (χ4v) is 2.46. The number of para-hydroxylation sites is 1. The van der Waals surface area contributed by atoms with Crippen molar-refractivity contribution in [2.75, 3.05) is 12.1 Å². The number of carbonyl (C=O) groups is 2. The van der Waals surface area contributed by atoms with Crippen LogP contribution in [0, 0.1) is 10.1 Å². The Morgan fingerprint density at radius 3 is 2.54 bits per heavy atom. The SMILES string of the molecule is COc1cc([N+](=O)[O-])cc(/C=C2/C(=O)NN(c3ccccc3)C2=O)c1O. The first-order valence-corrected chi connectivity index (χ1v) is 7.40. The van der Waals surface area contributed by atoms with E-state index in [2.05, 4.69) is 5.43 Å². The molecule has 0 radical (unpaired) electrons. The quantitative estimate of drug-likeness (QED) is 0.373. The molecule has 2 aromatic carbocycles. The highest BCUT2D eigenvalue weighted by atomic mass is 16.6. The summed E-state index contributed by atoms with van der Waals surface area (Å²) in [6, 6.07) is 10.5. The molecular weight excluding hydrogens is 342 g/mol. The van der Waals surface area contributed by atoms with E-state index in [1.54, 1.807) is 30.3 Å². The largest absolute Gasteiger partial charge is 0.504 e. The van der Waals surface area contributed by atoms with Gasteiger partial charge in [-0.3, -0.25) is 25.1 Å². The van der Waals surface area contributed by atoms with Crippen LogP contribution < -0.4 is 15.2 Å². The highest BCUT2D eigenvalue weighted by Crippen LogP contribution is 2.36. The molecule has 1 fully saturated rings. The molecule has 0 unspecified atom stereocenters. The number of nitrogens with one attached hydrogen (secondary N) is 1. The van der Waals surface area contributed by atoms with Crippen molar-refractivity contribution in [1.29, 1.82) is 0 Å². The lowest BCUT2D eigenvalue weighted by Gasteiger charge is -2.13. The molecule has 2 N–H and O–H groups in total. The zero-order valence-corrected chi connectivity index (χ0v) is 13.5. The first-order chi connectivity index (χ1) is 12.4. The van der Waals surface area contributed by atoms with Gasteiger partial charge in [0.2, 0.25) is 0 Å². The van der Waals surface area contributed by atoms with E-state index in [1.165, 1.54) is 7.11 Å². The summed E-state index contributed by atoms with van der Waals surface area (Å²) in [4.78, 5) is 35.1. The smallest absolute Gasteiger partial charge is 0.282 e. The number of aromatic hydroxyl groups is 1. The van der Waals surface area contributed by atoms with E-state index in [-0.39, 0.29) is 22.6 Å². The van der Waals surface area contributed by atoms with Crippen molar-refractivity contribution in [3.05, 3.63) is 63.7 Å². The van der Waals surface area contributed by atoms with E-state index < -0.39 is 22.5 Å². The van der Waals surface area contributed by atoms with Crippen LogP contribution in [-0.4, -0.2) is 29.0 Å². The van der Waals surface area contributed by atoms with Crippen LogP contribution in [0.15, 0.2) is 48.0 Å². The summed E-state index contributed by atoms with van der Waals surface area (Å²) in [6.45, 7) is 0. The molecule has 0 aliphatic carbocycles. The first-order valence-electron chi connectivity index (χ1n) is 7.40. The fraction of sp³-hybridized carbons (Fsp3) is 0.0588. The van der Waals surface area contributed by atoms with E-state index in [1.807, 2.05) is 0 Å². The molecule has 0 saturated carbocycles. The summed E-state index contributed by atoms with van der Waals surface area (Å²) in [5.74, 6) is -1.89. The minimum absolute atomic E-state index is 0.0792. The number of amides is 2. The summed E-state index contributed by atoms with van der Waals surface area (Å²) >= 11 is 0. The van der Waals surface area contributed by atoms with E-state index in [0.29, 0.717) is 5.69 Å². The Morgan fingerprint density at radius 2 is 1.92 bits per heavy atom. The lowest BCUT2D eigenvalue weighted by Crippen LogP contribution is -2.35. The molecule has 1 aliphatic heterocycles. The Kier molecular flexibility index (Phi) is 4.27. The zero-order valence-electron chi connectivity index (χ0n) is 13.5. The molecule has 0 spiro atoms. The van der Waals surface area contributed by atoms with Crippen LogP contribution in [-0.2, 0) is 9.59 Å². The van der Waals surface area contributed by atoms with Crippen LogP contribution in [0.1, 0.15) is 5.56 Å². The van der Waals surface area contributed by atoms with Gasteiger partial charge in [0.1, 0.15) is 5.57 Å². The molecule has 9 heteroatoms. The van der Waals surface area contributed by atoms with Gasteiger partial charge < -0.3 is 9.84 Å². The normalized spacial score (nSPS) is 15.3. The van der Waals surface area contributed by atoms with Gasteiger partial charge in [-0.15, -0.1) is 0 Å². The van der Waals surface area contributed by atoms with Gasteiger partial charge >= 0.3 is 0 Å². The monoisotopic (exact) mass is 355 g/mol. The molecule has 0 bridgehead atoms. The lowest BCUT2D eigenvalue weighted by atomic mass is 10.1. The summed E-state index contributed by atoms with van der Waals surface area (Å²) in [5, 5.41) is 22.2. The number of nitro benzene ring substituents is 1. The average molecular weight is 355 g/mol. The summed E-state index contributed by atoms with van der Waals surface area (Å²) < 4.78 is 4.91. The Morgan fingerprint density at radius 1 is 1.23 bits per heavy atom. The van der Waals surface area contributed by atoms with Crippen LogP contribution in [0.3, 0.4) is 0 Å². The number of phenolic OH excluding ortho intramolecular Hbond substituents is 1. The molecule has 9 nitrogen and oxygen atoms in total. The second kappa shape index (κ2) is 6.55. The number of non-ortho nitro benzene ring substituents is 1. The van der Waals surface area contributed by atoms with Crippen molar-refractivity contribution in [2.45, 2.75) is 0 Å². The van der Waals surface area contributed by atoms with Crippen molar-refractivity contribution >= 4 is 29.3 Å². The number of hydrazine groups is 1. The predicted octanol–water partition coefficient (Wildman–Crippen LogP) is 1.77. The lowest BCUT2D eigenvalue weighted by molar-refractivity contribution is -0.385. The number of benzene rings is 2. The molecule has 0 atom stereocenters. The van der Waals surface area contributed by atoms with Crippen molar-refractivity contribution < 1.29 is 24.4 Å². The van der Waals surface area contributed by atoms with Crippen molar-refractivity contribution in [3.8, 4) is 11.5 Å². The molecule has 0 aromatic heterocycles. The third kappa shape index (κ3) is 2.93. The van der Waals surface area contributed by atoms with Gasteiger partial charge in [0.15, 0.2) is 11.5 Å². The van der Waals surface area contributed by atoms with E-state index in [0.717, 1.165) is 23.2 Å². The number of anilines is 1. The van der Waals surface area contributed by atoms with Gasteiger partial charge in [-0.1, -0.05) is 18.2 Å². The maximum atomic E-state index is 12.5. The highest BCUT2D eigenvalue weighted by Gasteiger charge is 2.34. The Bertz CT molecular complexity index is 939. The molecule has 2 amide bonds. The van der Waals surface area contributed by atoms with Gasteiger partial charge in [0, 0.05) is 11.6 Å². The average Bonchev–Trinajstić information content (AvgIpc) is 2.92. The molecule has 1 saturated heterocycles. The molecule has 3 rings (SSSR count). The van der Waals surface area contributed by atoms with E-state index in [9.17, 15) is 24.8 Å². The van der Waals surface area contributed by atoms with Gasteiger partial charge in [-0.25, -0.2) is 5.01 Å². The second-order valence-corrected chi connectivity index (χ2v) is 5.32. The first kappa shape index (κ1) is 17.0. The van der Waals surface area contributed by atoms with Gasteiger partial charge in [-0.05, 0) is 18.2 Å². The number of nitrogens with zero attached hydrogens (tertiary/aromatic N) is 2. The van der Waals surface area contributed by atoms with Crippen molar-refractivity contribution in [3.63, 3.8) is 0 Å². The van der Waals surface area contributed by atoms with Crippen molar-refractivity contribution in [1.82, 2.24) is 5.43 Å². The number of ether oxygens (including phenoxy) is 1. The fourth-order valence-electron chi connectivity index (χ4n) is 2.46. The number of phenols is 1. The highest BCUT2D eigenvalue weighted by molar-refractivity contribution is 6.31. The number of hydrogen-bond acceptors (Lipinski definition) is 6. The van der Waals surface area contributed by atoms with Crippen LogP contribution in [0.25, 0.3) is 6.08 Å². The standard InChI is InChI=1S/C17H13N3O6/c1-26-14-9-12(20(24)25)7-10(15(14)21)8-13-16(22)18-19(17(13)23)11-5-3-2-4-6-11/h2-9,21H,1H3,(H,18,22)/b13-8-. The molecule has 26 heavy (non-hydrogen) atoms. The van der Waals surface area contributed by atoms with E-state index in [4.69, 9.17) is 4.74 Å². The number of nitro groups is 1. The topological polar surface area (TPSA) is 122 Å². The van der Waals surface area contributed by atoms with E-state index >= 15 is 0 Å². The molecule has 1 aliphatic rings. The Labute approximate surface area is 147 Å². The van der Waals surface area contributed by atoms with Gasteiger partial charge in [0.05, 0.1) is 23.8 Å². The molecule has 132 valence electrons. The van der Waals surface area contributed by atoms with Crippen molar-refractivity contribution in [2.24, 2.45) is 0 Å². The van der Waals surface area contributed by atoms with Gasteiger partial charge in [-0.2, -0.15) is 0 Å².